The van der Waals surface area contributed by atoms with E-state index in [4.69, 9.17) is 11.6 Å². The minimum Gasteiger partial charge on any atom is -0.207 e. The second kappa shape index (κ2) is 5.56. The van der Waals surface area contributed by atoms with Gasteiger partial charge in [0.2, 0.25) is 0 Å². The van der Waals surface area contributed by atoms with Gasteiger partial charge in [0.25, 0.3) is 0 Å². The molecule has 2 rings (SSSR count). The molecule has 0 aliphatic rings. The molecule has 0 aliphatic heterocycles. The predicted molar refractivity (Wildman–Crippen MR) is 71.3 cm³/mol. The van der Waals surface area contributed by atoms with Crippen LogP contribution in [0.4, 0.5) is 4.39 Å². The van der Waals surface area contributed by atoms with Gasteiger partial charge in [-0.2, -0.15) is 0 Å². The normalized spacial score (nSPS) is 10.5. The van der Waals surface area contributed by atoms with Gasteiger partial charge in [-0.15, -0.1) is 11.6 Å². The van der Waals surface area contributed by atoms with Crippen molar-refractivity contribution in [3.63, 3.8) is 0 Å². The van der Waals surface area contributed by atoms with Crippen molar-refractivity contribution in [2.24, 2.45) is 0 Å². The fraction of sp³-hybridized carbons (Fsp3) is 0.143. The van der Waals surface area contributed by atoms with Crippen LogP contribution < -0.4 is 0 Å². The molecule has 0 spiro atoms. The average Bonchev–Trinajstić information content (AvgIpc) is 2.32. The third kappa shape index (κ3) is 3.24. The molecule has 0 atom stereocenters. The first kappa shape index (κ1) is 12.5. The Labute approximate surface area is 110 Å². The average molecular weight is 267 g/mol. The summed E-state index contributed by atoms with van der Waals surface area (Å²) in [6.07, 6.45) is 0. The molecule has 0 fully saturated rings. The molecule has 0 aromatic heterocycles. The van der Waals surface area contributed by atoms with Crippen molar-refractivity contribution in [1.82, 2.24) is 0 Å². The van der Waals surface area contributed by atoms with Gasteiger partial charge in [0.05, 0.1) is 0 Å². The fourth-order valence-corrected chi connectivity index (χ4v) is 2.85. The number of benzene rings is 2. The van der Waals surface area contributed by atoms with Crippen LogP contribution in [0, 0.1) is 12.7 Å². The van der Waals surface area contributed by atoms with E-state index in [1.807, 2.05) is 19.1 Å². The van der Waals surface area contributed by atoms with Crippen molar-refractivity contribution in [3.8, 4) is 0 Å². The summed E-state index contributed by atoms with van der Waals surface area (Å²) in [5.41, 5.74) is 2.30. The highest BCUT2D eigenvalue weighted by atomic mass is 35.5. The molecule has 0 saturated carbocycles. The molecular weight excluding hydrogens is 255 g/mol. The van der Waals surface area contributed by atoms with Gasteiger partial charge in [0.15, 0.2) is 0 Å². The van der Waals surface area contributed by atoms with E-state index in [0.29, 0.717) is 5.88 Å². The van der Waals surface area contributed by atoms with E-state index < -0.39 is 0 Å². The highest BCUT2D eigenvalue weighted by Gasteiger charge is 2.04. The van der Waals surface area contributed by atoms with Crippen molar-refractivity contribution in [2.75, 3.05) is 0 Å². The van der Waals surface area contributed by atoms with Crippen LogP contribution in [0.2, 0.25) is 0 Å². The summed E-state index contributed by atoms with van der Waals surface area (Å²) >= 11 is 7.51. The maximum atomic E-state index is 12.8. The first-order valence-electron chi connectivity index (χ1n) is 5.28. The minimum atomic E-state index is -0.212. The van der Waals surface area contributed by atoms with E-state index in [2.05, 4.69) is 6.07 Å². The van der Waals surface area contributed by atoms with E-state index in [-0.39, 0.29) is 5.82 Å². The zero-order chi connectivity index (χ0) is 12.3. The van der Waals surface area contributed by atoms with E-state index in [1.54, 1.807) is 23.9 Å². The molecule has 0 nitrogen and oxygen atoms in total. The van der Waals surface area contributed by atoms with Crippen molar-refractivity contribution in [2.45, 2.75) is 22.6 Å². The summed E-state index contributed by atoms with van der Waals surface area (Å²) in [6, 6.07) is 12.7. The molecule has 0 radical (unpaired) electrons. The summed E-state index contributed by atoms with van der Waals surface area (Å²) in [5.74, 6) is 0.278. The van der Waals surface area contributed by atoms with Crippen LogP contribution in [0.3, 0.4) is 0 Å². The Balaban J connectivity index is 2.28. The van der Waals surface area contributed by atoms with Gasteiger partial charge in [-0.1, -0.05) is 23.9 Å². The second-order valence-corrected chi connectivity index (χ2v) is 5.18. The zero-order valence-corrected chi connectivity index (χ0v) is 11.0. The molecule has 2 aromatic carbocycles. The van der Waals surface area contributed by atoms with Crippen LogP contribution >= 0.6 is 23.4 Å². The smallest absolute Gasteiger partial charge is 0.123 e. The minimum absolute atomic E-state index is 0.212. The Hall–Kier alpha value is -0.990. The highest BCUT2D eigenvalue weighted by molar-refractivity contribution is 7.99. The first-order chi connectivity index (χ1) is 8.19. The molecule has 0 bridgehead atoms. The Morgan fingerprint density at radius 2 is 1.82 bits per heavy atom. The van der Waals surface area contributed by atoms with E-state index in [9.17, 15) is 4.39 Å². The molecule has 17 heavy (non-hydrogen) atoms. The summed E-state index contributed by atoms with van der Waals surface area (Å²) in [4.78, 5) is 2.15. The third-order valence-electron chi connectivity index (χ3n) is 2.41. The van der Waals surface area contributed by atoms with Crippen molar-refractivity contribution in [1.29, 1.82) is 0 Å². The fourth-order valence-electron chi connectivity index (χ4n) is 1.50. The van der Waals surface area contributed by atoms with Crippen LogP contribution in [0.25, 0.3) is 0 Å². The summed E-state index contributed by atoms with van der Waals surface area (Å²) < 4.78 is 12.8. The van der Waals surface area contributed by atoms with Gasteiger partial charge in [-0.3, -0.25) is 0 Å². The van der Waals surface area contributed by atoms with Crippen LogP contribution in [0.5, 0.6) is 0 Å². The Morgan fingerprint density at radius 3 is 2.47 bits per heavy atom. The maximum absolute atomic E-state index is 12.8. The van der Waals surface area contributed by atoms with Crippen molar-refractivity contribution in [3.05, 3.63) is 59.4 Å². The topological polar surface area (TPSA) is 0 Å². The molecule has 2 aromatic rings. The molecular formula is C14H12ClFS. The van der Waals surface area contributed by atoms with Gasteiger partial charge in [-0.25, -0.2) is 4.39 Å². The number of hydrogen-bond acceptors (Lipinski definition) is 1. The largest absolute Gasteiger partial charge is 0.207 e. The molecule has 0 heterocycles. The summed E-state index contributed by atoms with van der Waals surface area (Å²) in [7, 11) is 0. The molecule has 0 saturated heterocycles. The van der Waals surface area contributed by atoms with Crippen LogP contribution in [-0.2, 0) is 5.88 Å². The molecule has 0 N–H and O–H groups in total. The Bertz CT molecular complexity index is 508. The standard InChI is InChI=1S/C14H12ClFS/c1-10-2-3-11(9-15)14(8-10)17-13-6-4-12(16)5-7-13/h2-8H,9H2,1H3. The van der Waals surface area contributed by atoms with E-state index in [1.165, 1.54) is 17.7 Å². The molecule has 0 unspecified atom stereocenters. The van der Waals surface area contributed by atoms with Gasteiger partial charge in [0, 0.05) is 15.7 Å². The van der Waals surface area contributed by atoms with E-state index in [0.717, 1.165) is 15.4 Å². The lowest BCUT2D eigenvalue weighted by molar-refractivity contribution is 0.626. The summed E-state index contributed by atoms with van der Waals surface area (Å²) in [6.45, 7) is 2.05. The van der Waals surface area contributed by atoms with Crippen LogP contribution in [0.15, 0.2) is 52.3 Å². The third-order valence-corrected chi connectivity index (χ3v) is 3.80. The predicted octanol–water partition coefficient (Wildman–Crippen LogP) is 5.02. The first-order valence-corrected chi connectivity index (χ1v) is 6.63. The molecule has 0 amide bonds. The van der Waals surface area contributed by atoms with Gasteiger partial charge < -0.3 is 0 Å². The van der Waals surface area contributed by atoms with Crippen molar-refractivity contribution >= 4 is 23.4 Å². The van der Waals surface area contributed by atoms with Crippen LogP contribution in [0.1, 0.15) is 11.1 Å². The second-order valence-electron chi connectivity index (χ2n) is 3.80. The van der Waals surface area contributed by atoms with Gasteiger partial charge in [0.1, 0.15) is 5.82 Å². The zero-order valence-electron chi connectivity index (χ0n) is 9.41. The number of halogens is 2. The quantitative estimate of drug-likeness (QED) is 0.703. The number of rotatable bonds is 3. The summed E-state index contributed by atoms with van der Waals surface area (Å²) in [5, 5.41) is 0. The van der Waals surface area contributed by atoms with Crippen LogP contribution in [-0.4, -0.2) is 0 Å². The monoisotopic (exact) mass is 266 g/mol. The van der Waals surface area contributed by atoms with Gasteiger partial charge in [-0.05, 0) is 48.4 Å². The lowest BCUT2D eigenvalue weighted by Gasteiger charge is -2.08. The van der Waals surface area contributed by atoms with E-state index >= 15 is 0 Å². The molecule has 0 aliphatic carbocycles. The lowest BCUT2D eigenvalue weighted by atomic mass is 10.2. The maximum Gasteiger partial charge on any atom is 0.123 e. The number of alkyl halides is 1. The highest BCUT2D eigenvalue weighted by Crippen LogP contribution is 2.32. The Kier molecular flexibility index (Phi) is 4.08. The SMILES string of the molecule is Cc1ccc(CCl)c(Sc2ccc(F)cc2)c1. The number of aryl methyl sites for hydroxylation is 1. The molecule has 88 valence electrons. The molecule has 3 heteroatoms. The Morgan fingerprint density at radius 1 is 1.12 bits per heavy atom. The lowest BCUT2D eigenvalue weighted by Crippen LogP contribution is -1.85. The van der Waals surface area contributed by atoms with Gasteiger partial charge >= 0.3 is 0 Å². The number of hydrogen-bond donors (Lipinski definition) is 0. The van der Waals surface area contributed by atoms with Crippen molar-refractivity contribution < 1.29 is 4.39 Å².